The summed E-state index contributed by atoms with van der Waals surface area (Å²) in [5, 5.41) is 12.2. The van der Waals surface area contributed by atoms with Gasteiger partial charge in [-0.25, -0.2) is 15.0 Å². The monoisotopic (exact) mass is 348 g/mol. The zero-order chi connectivity index (χ0) is 17.9. The van der Waals surface area contributed by atoms with Crippen LogP contribution in [-0.2, 0) is 0 Å². The lowest BCUT2D eigenvalue weighted by Gasteiger charge is -2.03. The molecule has 0 aliphatic carbocycles. The molecule has 0 aliphatic rings. The highest BCUT2D eigenvalue weighted by Gasteiger charge is 2.16. The minimum Gasteiger partial charge on any atom is -0.395 e. The van der Waals surface area contributed by atoms with Crippen molar-refractivity contribution in [2.75, 3.05) is 18.5 Å². The van der Waals surface area contributed by atoms with Gasteiger partial charge >= 0.3 is 0 Å². The van der Waals surface area contributed by atoms with Crippen LogP contribution in [0.5, 0.6) is 0 Å². The summed E-state index contributed by atoms with van der Waals surface area (Å²) in [4.78, 5) is 27.9. The van der Waals surface area contributed by atoms with E-state index in [1.165, 1.54) is 6.33 Å². The number of benzene rings is 1. The number of hydrogen-bond acceptors (Lipinski definition) is 6. The maximum atomic E-state index is 12.4. The maximum Gasteiger partial charge on any atom is 0.260 e. The topological polar surface area (TPSA) is 109 Å². The van der Waals surface area contributed by atoms with E-state index >= 15 is 0 Å². The van der Waals surface area contributed by atoms with E-state index in [4.69, 9.17) is 5.11 Å². The summed E-state index contributed by atoms with van der Waals surface area (Å²) in [5.74, 6) is 0.418. The number of para-hydroxylation sites is 1. The number of aliphatic hydroxyl groups is 1. The van der Waals surface area contributed by atoms with Gasteiger partial charge in [0.25, 0.3) is 5.56 Å². The Kier molecular flexibility index (Phi) is 4.16. The summed E-state index contributed by atoms with van der Waals surface area (Å²) in [6, 6.07) is 9.69. The summed E-state index contributed by atoms with van der Waals surface area (Å²) in [7, 11) is 0. The molecule has 4 rings (SSSR count). The van der Waals surface area contributed by atoms with Crippen LogP contribution in [0.2, 0.25) is 0 Å². The molecule has 8 heteroatoms. The first-order valence-corrected chi connectivity index (χ1v) is 8.09. The van der Waals surface area contributed by atoms with E-state index in [9.17, 15) is 4.79 Å². The Morgan fingerprint density at radius 2 is 1.88 bits per heavy atom. The van der Waals surface area contributed by atoms with Crippen molar-refractivity contribution in [3.05, 3.63) is 65.6 Å². The summed E-state index contributed by atoms with van der Waals surface area (Å²) in [6.07, 6.45) is 6.54. The average Bonchev–Trinajstić information content (AvgIpc) is 3.08. The van der Waals surface area contributed by atoms with Gasteiger partial charge in [0, 0.05) is 41.9 Å². The molecule has 0 aliphatic heterocycles. The minimum atomic E-state index is -0.220. The molecule has 0 spiro atoms. The first-order valence-electron chi connectivity index (χ1n) is 8.09. The molecule has 4 aromatic rings. The molecule has 26 heavy (non-hydrogen) atoms. The maximum absolute atomic E-state index is 12.4. The van der Waals surface area contributed by atoms with E-state index < -0.39 is 0 Å². The molecule has 0 saturated heterocycles. The standard InChI is InChI=1S/C18H16N6O2/c25-7-6-19-18-20-8-12(9-21-18)14-10-24(13-4-2-1-3-5-13)16-15(14)17(26)23-11-22-16/h1-5,8-11,25H,6-7H2,(H,19,20,21)(H,22,23,26). The van der Waals surface area contributed by atoms with E-state index in [2.05, 4.69) is 25.3 Å². The zero-order valence-electron chi connectivity index (χ0n) is 13.8. The Hall–Kier alpha value is -3.52. The van der Waals surface area contributed by atoms with Crippen LogP contribution < -0.4 is 10.9 Å². The van der Waals surface area contributed by atoms with Crippen LogP contribution in [0.25, 0.3) is 27.8 Å². The molecule has 0 radical (unpaired) electrons. The van der Waals surface area contributed by atoms with Crippen molar-refractivity contribution in [3.8, 4) is 16.8 Å². The van der Waals surface area contributed by atoms with E-state index in [0.717, 1.165) is 5.69 Å². The van der Waals surface area contributed by atoms with Crippen molar-refractivity contribution in [2.24, 2.45) is 0 Å². The highest BCUT2D eigenvalue weighted by molar-refractivity contribution is 5.94. The third-order valence-electron chi connectivity index (χ3n) is 3.98. The molecule has 0 unspecified atom stereocenters. The Bertz CT molecular complexity index is 1090. The molecule has 0 atom stereocenters. The van der Waals surface area contributed by atoms with E-state index in [1.807, 2.05) is 41.1 Å². The smallest absolute Gasteiger partial charge is 0.260 e. The molecule has 0 bridgehead atoms. The van der Waals surface area contributed by atoms with Crippen molar-refractivity contribution >= 4 is 17.0 Å². The molecule has 3 N–H and O–H groups in total. The lowest BCUT2D eigenvalue weighted by molar-refractivity contribution is 0.311. The van der Waals surface area contributed by atoms with Crippen molar-refractivity contribution in [1.82, 2.24) is 24.5 Å². The number of aliphatic hydroxyl groups excluding tert-OH is 1. The highest BCUT2D eigenvalue weighted by atomic mass is 16.3. The second-order valence-corrected chi connectivity index (χ2v) is 5.62. The Morgan fingerprint density at radius 1 is 1.12 bits per heavy atom. The van der Waals surface area contributed by atoms with Gasteiger partial charge in [-0.15, -0.1) is 0 Å². The number of hydrogen-bond donors (Lipinski definition) is 3. The van der Waals surface area contributed by atoms with Crippen LogP contribution in [0.4, 0.5) is 5.95 Å². The molecule has 130 valence electrons. The summed E-state index contributed by atoms with van der Waals surface area (Å²) in [5.41, 5.74) is 2.66. The molecule has 3 heterocycles. The fourth-order valence-corrected chi connectivity index (χ4v) is 2.80. The van der Waals surface area contributed by atoms with Gasteiger partial charge in [0.1, 0.15) is 0 Å². The second-order valence-electron chi connectivity index (χ2n) is 5.62. The number of nitrogens with zero attached hydrogens (tertiary/aromatic N) is 4. The molecule has 8 nitrogen and oxygen atoms in total. The molecule has 0 fully saturated rings. The molecule has 3 aromatic heterocycles. The van der Waals surface area contributed by atoms with Crippen molar-refractivity contribution < 1.29 is 5.11 Å². The van der Waals surface area contributed by atoms with Gasteiger partial charge in [0.15, 0.2) is 5.65 Å². The quantitative estimate of drug-likeness (QED) is 0.505. The average molecular weight is 348 g/mol. The molecular weight excluding hydrogens is 332 g/mol. The van der Waals surface area contributed by atoms with Crippen LogP contribution in [0.1, 0.15) is 0 Å². The van der Waals surface area contributed by atoms with Gasteiger partial charge in [-0.1, -0.05) is 18.2 Å². The summed E-state index contributed by atoms with van der Waals surface area (Å²) < 4.78 is 1.87. The third kappa shape index (κ3) is 2.82. The minimum absolute atomic E-state index is 0.00325. The molecule has 0 saturated carbocycles. The lowest BCUT2D eigenvalue weighted by Crippen LogP contribution is -2.08. The van der Waals surface area contributed by atoms with Crippen LogP contribution >= 0.6 is 0 Å². The Morgan fingerprint density at radius 3 is 2.62 bits per heavy atom. The number of aromatic amines is 1. The predicted molar refractivity (Wildman–Crippen MR) is 98.3 cm³/mol. The van der Waals surface area contributed by atoms with Gasteiger partial charge in [-0.2, -0.15) is 0 Å². The fourth-order valence-electron chi connectivity index (χ4n) is 2.80. The van der Waals surface area contributed by atoms with Gasteiger partial charge in [-0.05, 0) is 12.1 Å². The second kappa shape index (κ2) is 6.77. The van der Waals surface area contributed by atoms with Crippen LogP contribution in [0.15, 0.2) is 60.0 Å². The van der Waals surface area contributed by atoms with E-state index in [0.29, 0.717) is 34.7 Å². The van der Waals surface area contributed by atoms with Crippen molar-refractivity contribution in [1.29, 1.82) is 0 Å². The fraction of sp³-hybridized carbons (Fsp3) is 0.111. The van der Waals surface area contributed by atoms with E-state index in [-0.39, 0.29) is 12.2 Å². The van der Waals surface area contributed by atoms with Gasteiger partial charge in [0.2, 0.25) is 5.95 Å². The number of aromatic nitrogens is 5. The van der Waals surface area contributed by atoms with Crippen LogP contribution in [0, 0.1) is 0 Å². The summed E-state index contributed by atoms with van der Waals surface area (Å²) >= 11 is 0. The molecule has 1 aromatic carbocycles. The first-order chi connectivity index (χ1) is 12.8. The predicted octanol–water partition coefficient (Wildman–Crippen LogP) is 1.57. The van der Waals surface area contributed by atoms with Crippen LogP contribution in [0.3, 0.4) is 0 Å². The van der Waals surface area contributed by atoms with Gasteiger partial charge in [0.05, 0.1) is 18.3 Å². The SMILES string of the molecule is O=c1[nH]cnc2c1c(-c1cnc(NCCO)nc1)cn2-c1ccccc1. The number of rotatable bonds is 5. The van der Waals surface area contributed by atoms with Crippen molar-refractivity contribution in [3.63, 3.8) is 0 Å². The highest BCUT2D eigenvalue weighted by Crippen LogP contribution is 2.28. The summed E-state index contributed by atoms with van der Waals surface area (Å²) in [6.45, 7) is 0.368. The number of fused-ring (bicyclic) bond motifs is 1. The largest absolute Gasteiger partial charge is 0.395 e. The van der Waals surface area contributed by atoms with Gasteiger partial charge in [-0.3, -0.25) is 4.79 Å². The van der Waals surface area contributed by atoms with Crippen LogP contribution in [-0.4, -0.2) is 42.8 Å². The molecular formula is C18H16N6O2. The van der Waals surface area contributed by atoms with Crippen molar-refractivity contribution in [2.45, 2.75) is 0 Å². The number of anilines is 1. The van der Waals surface area contributed by atoms with Gasteiger partial charge < -0.3 is 20.0 Å². The normalized spacial score (nSPS) is 11.0. The first kappa shape index (κ1) is 16.0. The Balaban J connectivity index is 1.86. The lowest BCUT2D eigenvalue weighted by atomic mass is 10.1. The molecule has 0 amide bonds. The number of H-pyrrole nitrogens is 1. The zero-order valence-corrected chi connectivity index (χ0v) is 13.8. The number of nitrogens with one attached hydrogen (secondary N) is 2. The van der Waals surface area contributed by atoms with E-state index in [1.54, 1.807) is 12.4 Å². The Labute approximate surface area is 148 Å². The third-order valence-corrected chi connectivity index (χ3v) is 3.98.